The zero-order valence-corrected chi connectivity index (χ0v) is 15.0. The van der Waals surface area contributed by atoms with Crippen molar-refractivity contribution >= 4 is 11.8 Å². The summed E-state index contributed by atoms with van der Waals surface area (Å²) in [5, 5.41) is 0. The van der Waals surface area contributed by atoms with Crippen molar-refractivity contribution in [2.75, 3.05) is 59.9 Å². The van der Waals surface area contributed by atoms with Crippen LogP contribution >= 0.6 is 0 Å². The molecule has 2 aliphatic rings. The van der Waals surface area contributed by atoms with Gasteiger partial charge in [-0.05, 0) is 39.9 Å². The molecule has 1 atom stereocenters. The highest BCUT2D eigenvalue weighted by Crippen LogP contribution is 2.18. The van der Waals surface area contributed by atoms with Gasteiger partial charge >= 0.3 is 0 Å². The van der Waals surface area contributed by atoms with E-state index in [9.17, 15) is 9.59 Å². The first-order valence-electron chi connectivity index (χ1n) is 8.98. The van der Waals surface area contributed by atoms with E-state index < -0.39 is 0 Å². The molecule has 2 amide bonds. The van der Waals surface area contributed by atoms with Crippen LogP contribution in [0.5, 0.6) is 0 Å². The zero-order valence-electron chi connectivity index (χ0n) is 15.0. The molecule has 0 bridgehead atoms. The standard InChI is InChI=1S/C17H32N4O2/c1-4-15(21-10-5-7-16(21)22)17(23)20-9-6-8-19(13-14-20)12-11-18(2)3/h15H,4-14H2,1-3H3/t15-/m1/s1. The number of likely N-dealkylation sites (N-methyl/N-ethyl adjacent to an activating group) is 1. The maximum atomic E-state index is 12.9. The van der Waals surface area contributed by atoms with Crippen LogP contribution in [-0.2, 0) is 9.59 Å². The van der Waals surface area contributed by atoms with E-state index in [-0.39, 0.29) is 17.9 Å². The van der Waals surface area contributed by atoms with Crippen molar-refractivity contribution in [2.24, 2.45) is 0 Å². The fraction of sp³-hybridized carbons (Fsp3) is 0.882. The third-order valence-corrected chi connectivity index (χ3v) is 4.92. The van der Waals surface area contributed by atoms with Gasteiger partial charge in [-0.1, -0.05) is 6.92 Å². The molecule has 0 aromatic heterocycles. The minimum absolute atomic E-state index is 0.146. The highest BCUT2D eigenvalue weighted by atomic mass is 16.2. The summed E-state index contributed by atoms with van der Waals surface area (Å²) in [6.45, 7) is 8.44. The van der Waals surface area contributed by atoms with Gasteiger partial charge in [0.1, 0.15) is 6.04 Å². The SMILES string of the molecule is CC[C@H](C(=O)N1CCCN(CCN(C)C)CC1)N1CCCC1=O. The largest absolute Gasteiger partial charge is 0.340 e. The van der Waals surface area contributed by atoms with Crippen LogP contribution in [0.25, 0.3) is 0 Å². The Bertz CT molecular complexity index is 413. The van der Waals surface area contributed by atoms with E-state index in [0.717, 1.165) is 58.7 Å². The molecule has 0 spiro atoms. The number of likely N-dealkylation sites (tertiary alicyclic amines) is 1. The Hall–Kier alpha value is -1.14. The molecular formula is C17H32N4O2. The van der Waals surface area contributed by atoms with Gasteiger partial charge in [0, 0.05) is 45.7 Å². The fourth-order valence-corrected chi connectivity index (χ4v) is 3.49. The van der Waals surface area contributed by atoms with Crippen molar-refractivity contribution in [3.8, 4) is 0 Å². The minimum atomic E-state index is -0.252. The fourth-order valence-electron chi connectivity index (χ4n) is 3.49. The van der Waals surface area contributed by atoms with E-state index >= 15 is 0 Å². The number of rotatable bonds is 6. The molecule has 0 radical (unpaired) electrons. The first-order valence-corrected chi connectivity index (χ1v) is 8.98. The lowest BCUT2D eigenvalue weighted by Gasteiger charge is -2.31. The summed E-state index contributed by atoms with van der Waals surface area (Å²) in [5.74, 6) is 0.296. The van der Waals surface area contributed by atoms with Crippen molar-refractivity contribution < 1.29 is 9.59 Å². The molecule has 0 aromatic rings. The topological polar surface area (TPSA) is 47.1 Å². The quantitative estimate of drug-likeness (QED) is 0.713. The normalized spacial score (nSPS) is 21.8. The molecule has 0 N–H and O–H groups in total. The predicted octanol–water partition coefficient (Wildman–Crippen LogP) is 0.483. The number of hydrogen-bond acceptors (Lipinski definition) is 4. The number of amides is 2. The van der Waals surface area contributed by atoms with Crippen molar-refractivity contribution in [2.45, 2.75) is 38.6 Å². The number of carbonyl (C=O) groups excluding carboxylic acids is 2. The van der Waals surface area contributed by atoms with E-state index in [4.69, 9.17) is 0 Å². The van der Waals surface area contributed by atoms with E-state index in [2.05, 4.69) is 23.9 Å². The van der Waals surface area contributed by atoms with Crippen LogP contribution in [0.3, 0.4) is 0 Å². The van der Waals surface area contributed by atoms with Crippen molar-refractivity contribution in [3.05, 3.63) is 0 Å². The third kappa shape index (κ3) is 4.91. The van der Waals surface area contributed by atoms with Crippen LogP contribution in [0.2, 0.25) is 0 Å². The second kappa shape index (κ2) is 8.64. The van der Waals surface area contributed by atoms with Crippen LogP contribution in [-0.4, -0.2) is 97.4 Å². The van der Waals surface area contributed by atoms with Gasteiger partial charge in [0.25, 0.3) is 0 Å². The van der Waals surface area contributed by atoms with Gasteiger partial charge in [-0.3, -0.25) is 9.59 Å². The van der Waals surface area contributed by atoms with Crippen LogP contribution in [0.1, 0.15) is 32.6 Å². The average molecular weight is 324 g/mol. The Kier molecular flexibility index (Phi) is 6.84. The van der Waals surface area contributed by atoms with E-state index in [1.165, 1.54) is 0 Å². The van der Waals surface area contributed by atoms with Gasteiger partial charge in [-0.25, -0.2) is 0 Å². The van der Waals surface area contributed by atoms with Crippen molar-refractivity contribution in [1.82, 2.24) is 19.6 Å². The molecule has 2 aliphatic heterocycles. The Morgan fingerprint density at radius 2 is 1.91 bits per heavy atom. The molecule has 0 saturated carbocycles. The molecule has 132 valence electrons. The summed E-state index contributed by atoms with van der Waals surface area (Å²) >= 11 is 0. The average Bonchev–Trinajstić information content (AvgIpc) is 2.81. The maximum Gasteiger partial charge on any atom is 0.245 e. The maximum absolute atomic E-state index is 12.9. The monoisotopic (exact) mass is 324 g/mol. The van der Waals surface area contributed by atoms with Crippen LogP contribution < -0.4 is 0 Å². The lowest BCUT2D eigenvalue weighted by molar-refractivity contribution is -0.143. The zero-order chi connectivity index (χ0) is 16.8. The van der Waals surface area contributed by atoms with E-state index in [0.29, 0.717) is 12.8 Å². The van der Waals surface area contributed by atoms with E-state index in [1.807, 2.05) is 11.8 Å². The highest BCUT2D eigenvalue weighted by molar-refractivity contribution is 5.88. The summed E-state index contributed by atoms with van der Waals surface area (Å²) in [7, 11) is 4.18. The summed E-state index contributed by atoms with van der Waals surface area (Å²) in [6, 6.07) is -0.252. The molecule has 0 aromatic carbocycles. The highest BCUT2D eigenvalue weighted by Gasteiger charge is 2.34. The van der Waals surface area contributed by atoms with Gasteiger partial charge in [0.05, 0.1) is 0 Å². The van der Waals surface area contributed by atoms with Gasteiger partial charge in [-0.2, -0.15) is 0 Å². The van der Waals surface area contributed by atoms with Gasteiger partial charge in [0.15, 0.2) is 0 Å². The molecule has 23 heavy (non-hydrogen) atoms. The summed E-state index contributed by atoms with van der Waals surface area (Å²) < 4.78 is 0. The second-order valence-electron chi connectivity index (χ2n) is 6.94. The number of hydrogen-bond donors (Lipinski definition) is 0. The molecule has 6 heteroatoms. The Balaban J connectivity index is 1.90. The lowest BCUT2D eigenvalue weighted by atomic mass is 10.1. The Morgan fingerprint density at radius 1 is 1.13 bits per heavy atom. The van der Waals surface area contributed by atoms with Crippen LogP contribution in [0, 0.1) is 0 Å². The molecular weight excluding hydrogens is 292 g/mol. The molecule has 2 heterocycles. The summed E-state index contributed by atoms with van der Waals surface area (Å²) in [4.78, 5) is 33.3. The second-order valence-corrected chi connectivity index (χ2v) is 6.94. The first-order chi connectivity index (χ1) is 11.0. The predicted molar refractivity (Wildman–Crippen MR) is 91.2 cm³/mol. The Labute approximate surface area is 140 Å². The lowest BCUT2D eigenvalue weighted by Crippen LogP contribution is -2.49. The minimum Gasteiger partial charge on any atom is -0.340 e. The van der Waals surface area contributed by atoms with E-state index in [1.54, 1.807) is 4.90 Å². The molecule has 2 fully saturated rings. The van der Waals surface area contributed by atoms with Crippen molar-refractivity contribution in [3.63, 3.8) is 0 Å². The van der Waals surface area contributed by atoms with Crippen LogP contribution in [0.15, 0.2) is 0 Å². The molecule has 0 aliphatic carbocycles. The third-order valence-electron chi connectivity index (χ3n) is 4.92. The van der Waals surface area contributed by atoms with Gasteiger partial charge in [-0.15, -0.1) is 0 Å². The summed E-state index contributed by atoms with van der Waals surface area (Å²) in [5.41, 5.74) is 0. The number of nitrogens with zero attached hydrogens (tertiary/aromatic N) is 4. The first kappa shape index (κ1) is 18.2. The molecule has 2 saturated heterocycles. The van der Waals surface area contributed by atoms with Crippen molar-refractivity contribution in [1.29, 1.82) is 0 Å². The molecule has 2 rings (SSSR count). The van der Waals surface area contributed by atoms with Gasteiger partial charge < -0.3 is 19.6 Å². The molecule has 6 nitrogen and oxygen atoms in total. The summed E-state index contributed by atoms with van der Waals surface area (Å²) in [6.07, 6.45) is 3.22. The molecule has 0 unspecified atom stereocenters. The van der Waals surface area contributed by atoms with Crippen LogP contribution in [0.4, 0.5) is 0 Å². The number of carbonyl (C=O) groups is 2. The Morgan fingerprint density at radius 3 is 2.52 bits per heavy atom. The van der Waals surface area contributed by atoms with Gasteiger partial charge in [0.2, 0.25) is 11.8 Å². The smallest absolute Gasteiger partial charge is 0.245 e.